The van der Waals surface area contributed by atoms with Gasteiger partial charge in [0.25, 0.3) is 0 Å². The zero-order valence-electron chi connectivity index (χ0n) is 9.89. The van der Waals surface area contributed by atoms with E-state index < -0.39 is 16.4 Å². The van der Waals surface area contributed by atoms with E-state index >= 15 is 0 Å². The summed E-state index contributed by atoms with van der Waals surface area (Å²) >= 11 is 0. The van der Waals surface area contributed by atoms with Gasteiger partial charge < -0.3 is 4.90 Å². The van der Waals surface area contributed by atoms with E-state index in [0.29, 0.717) is 11.6 Å². The third-order valence-corrected chi connectivity index (χ3v) is 3.44. The van der Waals surface area contributed by atoms with Gasteiger partial charge in [-0.05, 0) is 37.8 Å². The molecule has 1 aromatic rings. The lowest BCUT2D eigenvalue weighted by molar-refractivity contribution is -0.386. The lowest BCUT2D eigenvalue weighted by Crippen LogP contribution is -2.31. The molecule has 1 aromatic carbocycles. The molecule has 1 fully saturated rings. The zero-order chi connectivity index (χ0) is 12.6. The first-order chi connectivity index (χ1) is 8.02. The molecular weight excluding hydrogens is 223 g/mol. The summed E-state index contributed by atoms with van der Waals surface area (Å²) in [6, 6.07) is 4.43. The number of nitro groups is 1. The van der Waals surface area contributed by atoms with E-state index in [2.05, 4.69) is 0 Å². The number of hydrogen-bond donors (Lipinski definition) is 0. The van der Waals surface area contributed by atoms with Crippen LogP contribution in [0.25, 0.3) is 0 Å². The number of benzene rings is 1. The minimum atomic E-state index is -0.776. The van der Waals surface area contributed by atoms with Crippen LogP contribution in [0.1, 0.15) is 19.8 Å². The molecule has 2 rings (SSSR count). The maximum absolute atomic E-state index is 13.5. The Hall–Kier alpha value is -1.65. The van der Waals surface area contributed by atoms with Crippen LogP contribution in [0.4, 0.5) is 15.8 Å². The van der Waals surface area contributed by atoms with Crippen LogP contribution in [0.5, 0.6) is 0 Å². The van der Waals surface area contributed by atoms with Gasteiger partial charge in [0.15, 0.2) is 0 Å². The lowest BCUT2D eigenvalue weighted by Gasteiger charge is -2.26. The molecule has 1 aliphatic carbocycles. The Balaban J connectivity index is 2.36. The van der Waals surface area contributed by atoms with Gasteiger partial charge in [0.2, 0.25) is 5.82 Å². The number of nitrogens with zero attached hydrogens (tertiary/aromatic N) is 2. The van der Waals surface area contributed by atoms with Crippen molar-refractivity contribution in [3.8, 4) is 0 Å². The van der Waals surface area contributed by atoms with Gasteiger partial charge in [-0.15, -0.1) is 0 Å². The van der Waals surface area contributed by atoms with Gasteiger partial charge in [-0.25, -0.2) is 0 Å². The fourth-order valence-electron chi connectivity index (χ4n) is 2.08. The van der Waals surface area contributed by atoms with Crippen LogP contribution in [0.15, 0.2) is 18.2 Å². The van der Waals surface area contributed by atoms with Gasteiger partial charge in [0.1, 0.15) is 5.69 Å². The molecule has 5 heteroatoms. The molecule has 92 valence electrons. The molecule has 0 N–H and O–H groups in total. The van der Waals surface area contributed by atoms with E-state index in [4.69, 9.17) is 0 Å². The lowest BCUT2D eigenvalue weighted by atomic mass is 10.1. The highest BCUT2D eigenvalue weighted by Gasteiger charge is 2.33. The van der Waals surface area contributed by atoms with Gasteiger partial charge in [-0.3, -0.25) is 10.1 Å². The molecule has 1 atom stereocenters. The minimum absolute atomic E-state index is 0.204. The van der Waals surface area contributed by atoms with Gasteiger partial charge >= 0.3 is 5.69 Å². The molecule has 1 aliphatic rings. The van der Waals surface area contributed by atoms with Crippen molar-refractivity contribution in [2.45, 2.75) is 25.8 Å². The summed E-state index contributed by atoms with van der Waals surface area (Å²) in [4.78, 5) is 12.0. The second-order valence-corrected chi connectivity index (χ2v) is 4.55. The smallest absolute Gasteiger partial charge is 0.327 e. The van der Waals surface area contributed by atoms with Gasteiger partial charge in [0.05, 0.1) is 4.92 Å². The fraction of sp³-hybridized carbons (Fsp3) is 0.500. The normalized spacial score (nSPS) is 16.6. The van der Waals surface area contributed by atoms with Crippen LogP contribution in [-0.2, 0) is 0 Å². The Morgan fingerprint density at radius 1 is 1.53 bits per heavy atom. The summed E-state index contributed by atoms with van der Waals surface area (Å²) in [7, 11) is 1.78. The Bertz CT molecular complexity index is 446. The van der Waals surface area contributed by atoms with Gasteiger partial charge in [0, 0.05) is 13.1 Å². The quantitative estimate of drug-likeness (QED) is 0.598. The summed E-state index contributed by atoms with van der Waals surface area (Å²) < 4.78 is 13.5. The SMILES string of the molecule is CC(C1CC1)N(C)c1cccc(F)c1[N+](=O)[O-]. The maximum atomic E-state index is 13.5. The number of nitro benzene ring substituents is 1. The molecule has 0 aromatic heterocycles. The highest BCUT2D eigenvalue weighted by atomic mass is 19.1. The van der Waals surface area contributed by atoms with Crippen molar-refractivity contribution in [1.29, 1.82) is 0 Å². The Morgan fingerprint density at radius 3 is 2.71 bits per heavy atom. The van der Waals surface area contributed by atoms with E-state index in [1.54, 1.807) is 18.0 Å². The van der Waals surface area contributed by atoms with Crippen LogP contribution in [0.3, 0.4) is 0 Å². The number of rotatable bonds is 4. The Labute approximate surface area is 99.2 Å². The van der Waals surface area contributed by atoms with E-state index in [0.717, 1.165) is 18.9 Å². The van der Waals surface area contributed by atoms with Crippen molar-refractivity contribution in [2.24, 2.45) is 5.92 Å². The molecule has 0 aliphatic heterocycles. The summed E-state index contributed by atoms with van der Waals surface area (Å²) in [5.41, 5.74) is -0.0723. The molecule has 0 amide bonds. The van der Waals surface area contributed by atoms with Crippen LogP contribution < -0.4 is 4.90 Å². The summed E-state index contributed by atoms with van der Waals surface area (Å²) in [6.45, 7) is 2.02. The number of anilines is 1. The zero-order valence-corrected chi connectivity index (χ0v) is 9.89. The molecule has 0 saturated heterocycles. The molecule has 17 heavy (non-hydrogen) atoms. The third kappa shape index (κ3) is 2.23. The van der Waals surface area contributed by atoms with Crippen molar-refractivity contribution in [2.75, 3.05) is 11.9 Å². The molecule has 0 radical (unpaired) electrons. The van der Waals surface area contributed by atoms with Crippen LogP contribution in [0, 0.1) is 21.8 Å². The second-order valence-electron chi connectivity index (χ2n) is 4.55. The standard InChI is InChI=1S/C12H15FN2O2/c1-8(9-6-7-9)14(2)11-5-3-4-10(13)12(11)15(16)17/h3-5,8-9H,6-7H2,1-2H3. The predicted molar refractivity (Wildman–Crippen MR) is 63.6 cm³/mol. The monoisotopic (exact) mass is 238 g/mol. The third-order valence-electron chi connectivity index (χ3n) is 3.44. The minimum Gasteiger partial charge on any atom is -0.366 e. The highest BCUT2D eigenvalue weighted by Crippen LogP contribution is 2.39. The van der Waals surface area contributed by atoms with E-state index in [1.807, 2.05) is 6.92 Å². The van der Waals surface area contributed by atoms with E-state index in [-0.39, 0.29) is 6.04 Å². The summed E-state index contributed by atoms with van der Waals surface area (Å²) in [5, 5.41) is 10.9. The Morgan fingerprint density at radius 2 is 2.18 bits per heavy atom. The summed E-state index contributed by atoms with van der Waals surface area (Å²) in [5.74, 6) is -0.204. The maximum Gasteiger partial charge on any atom is 0.327 e. The van der Waals surface area contributed by atoms with Crippen molar-refractivity contribution in [3.63, 3.8) is 0 Å². The van der Waals surface area contributed by atoms with Crippen molar-refractivity contribution < 1.29 is 9.31 Å². The molecule has 1 unspecified atom stereocenters. The predicted octanol–water partition coefficient (Wildman–Crippen LogP) is 2.97. The molecule has 0 bridgehead atoms. The van der Waals surface area contributed by atoms with Crippen molar-refractivity contribution in [1.82, 2.24) is 0 Å². The Kier molecular flexibility index (Phi) is 3.00. The fourth-order valence-corrected chi connectivity index (χ4v) is 2.08. The molecule has 0 heterocycles. The number of halogens is 1. The average Bonchev–Trinajstić information content (AvgIpc) is 3.10. The molecule has 1 saturated carbocycles. The van der Waals surface area contributed by atoms with Crippen LogP contribution >= 0.6 is 0 Å². The van der Waals surface area contributed by atoms with Crippen LogP contribution in [-0.4, -0.2) is 18.0 Å². The molecular formula is C12H15FN2O2. The first kappa shape index (κ1) is 11.8. The van der Waals surface area contributed by atoms with Crippen LogP contribution in [0.2, 0.25) is 0 Å². The largest absolute Gasteiger partial charge is 0.366 e. The van der Waals surface area contributed by atoms with Crippen molar-refractivity contribution >= 4 is 11.4 Å². The number of hydrogen-bond acceptors (Lipinski definition) is 3. The van der Waals surface area contributed by atoms with Gasteiger partial charge in [-0.2, -0.15) is 4.39 Å². The van der Waals surface area contributed by atoms with E-state index in [9.17, 15) is 14.5 Å². The first-order valence-electron chi connectivity index (χ1n) is 5.68. The summed E-state index contributed by atoms with van der Waals surface area (Å²) in [6.07, 6.45) is 2.29. The average molecular weight is 238 g/mol. The van der Waals surface area contributed by atoms with Gasteiger partial charge in [-0.1, -0.05) is 6.07 Å². The molecule has 0 spiro atoms. The van der Waals surface area contributed by atoms with E-state index in [1.165, 1.54) is 6.07 Å². The highest BCUT2D eigenvalue weighted by molar-refractivity contribution is 5.64. The topological polar surface area (TPSA) is 46.4 Å². The first-order valence-corrected chi connectivity index (χ1v) is 5.68. The number of para-hydroxylation sites is 1. The second kappa shape index (κ2) is 4.31. The van der Waals surface area contributed by atoms with Crippen molar-refractivity contribution in [3.05, 3.63) is 34.1 Å². The molecule has 4 nitrogen and oxygen atoms in total.